The molecule has 1 aliphatic rings. The molecule has 1 fully saturated rings. The van der Waals surface area contributed by atoms with E-state index in [2.05, 4.69) is 0 Å². The largest absolute Gasteiger partial charge is 0.465 e. The van der Waals surface area contributed by atoms with Crippen LogP contribution in [-0.4, -0.2) is 5.97 Å². The van der Waals surface area contributed by atoms with Crippen LogP contribution in [0.25, 0.3) is 6.08 Å². The van der Waals surface area contributed by atoms with Crippen LogP contribution in [0.4, 0.5) is 0 Å². The number of carbonyl (C=O) groups excluding carboxylic acids is 1. The number of esters is 1. The van der Waals surface area contributed by atoms with Crippen molar-refractivity contribution in [1.82, 2.24) is 0 Å². The lowest BCUT2D eigenvalue weighted by Gasteiger charge is -2.11. The van der Waals surface area contributed by atoms with E-state index in [0.29, 0.717) is 6.42 Å². The topological polar surface area (TPSA) is 39.4 Å². The molecular formula is C12H14O3. The van der Waals surface area contributed by atoms with Gasteiger partial charge in [0.05, 0.1) is 6.26 Å². The number of rotatable bonds is 1. The Morgan fingerprint density at radius 1 is 1.20 bits per heavy atom. The summed E-state index contributed by atoms with van der Waals surface area (Å²) in [5, 5.41) is 0. The maximum absolute atomic E-state index is 11.3. The van der Waals surface area contributed by atoms with E-state index in [9.17, 15) is 4.79 Å². The third-order valence-corrected chi connectivity index (χ3v) is 2.40. The lowest BCUT2D eigenvalue weighted by atomic mass is 10.1. The van der Waals surface area contributed by atoms with E-state index in [1.54, 1.807) is 12.3 Å². The van der Waals surface area contributed by atoms with Gasteiger partial charge in [0.25, 0.3) is 0 Å². The summed E-state index contributed by atoms with van der Waals surface area (Å²) < 4.78 is 10.4. The van der Waals surface area contributed by atoms with E-state index in [4.69, 9.17) is 9.15 Å². The van der Waals surface area contributed by atoms with E-state index < -0.39 is 0 Å². The summed E-state index contributed by atoms with van der Waals surface area (Å²) in [7, 11) is 0. The molecule has 1 aliphatic heterocycles. The molecule has 1 aromatic heterocycles. The Labute approximate surface area is 88.7 Å². The molecule has 3 nitrogen and oxygen atoms in total. The monoisotopic (exact) mass is 206 g/mol. The van der Waals surface area contributed by atoms with Gasteiger partial charge in [-0.05, 0) is 25.0 Å². The maximum Gasteiger partial charge on any atom is 0.310 e. The molecule has 0 aromatic carbocycles. The molecule has 0 bridgehead atoms. The van der Waals surface area contributed by atoms with Gasteiger partial charge in [-0.15, -0.1) is 0 Å². The first-order valence-corrected chi connectivity index (χ1v) is 5.29. The predicted octanol–water partition coefficient (Wildman–Crippen LogP) is 3.13. The van der Waals surface area contributed by atoms with Crippen molar-refractivity contribution in [3.8, 4) is 0 Å². The fourth-order valence-electron chi connectivity index (χ4n) is 1.63. The lowest BCUT2D eigenvalue weighted by Crippen LogP contribution is -2.07. The van der Waals surface area contributed by atoms with Crippen LogP contribution >= 0.6 is 0 Å². The molecule has 2 rings (SSSR count). The van der Waals surface area contributed by atoms with Gasteiger partial charge in [-0.2, -0.15) is 0 Å². The van der Waals surface area contributed by atoms with Crippen LogP contribution in [0.3, 0.4) is 0 Å². The molecule has 3 heteroatoms. The summed E-state index contributed by atoms with van der Waals surface area (Å²) >= 11 is 0. The number of cyclic esters (lactones) is 1. The van der Waals surface area contributed by atoms with Crippen molar-refractivity contribution in [1.29, 1.82) is 0 Å². The summed E-state index contributed by atoms with van der Waals surface area (Å²) in [5.41, 5.74) is 0. The number of hydrogen-bond donors (Lipinski definition) is 0. The summed E-state index contributed by atoms with van der Waals surface area (Å²) in [6.45, 7) is 0. The van der Waals surface area contributed by atoms with Gasteiger partial charge in [0.2, 0.25) is 0 Å². The van der Waals surface area contributed by atoms with Crippen LogP contribution in [0.5, 0.6) is 0 Å². The molecule has 15 heavy (non-hydrogen) atoms. The van der Waals surface area contributed by atoms with Crippen LogP contribution in [0.1, 0.15) is 37.9 Å². The van der Waals surface area contributed by atoms with Crippen LogP contribution in [0.15, 0.2) is 28.6 Å². The normalized spacial score (nSPS) is 20.8. The van der Waals surface area contributed by atoms with Crippen LogP contribution in [0, 0.1) is 0 Å². The third kappa shape index (κ3) is 2.98. The van der Waals surface area contributed by atoms with Gasteiger partial charge in [-0.3, -0.25) is 4.79 Å². The van der Waals surface area contributed by atoms with Crippen molar-refractivity contribution in [2.75, 3.05) is 0 Å². The Morgan fingerprint density at radius 2 is 2.07 bits per heavy atom. The molecular weight excluding hydrogens is 192 g/mol. The van der Waals surface area contributed by atoms with Gasteiger partial charge in [0.15, 0.2) is 0 Å². The van der Waals surface area contributed by atoms with Crippen molar-refractivity contribution in [2.45, 2.75) is 32.1 Å². The van der Waals surface area contributed by atoms with Crippen LogP contribution in [-0.2, 0) is 9.53 Å². The van der Waals surface area contributed by atoms with Crippen molar-refractivity contribution in [3.63, 3.8) is 0 Å². The second kappa shape index (κ2) is 4.82. The fraction of sp³-hybridized carbons (Fsp3) is 0.417. The Morgan fingerprint density at radius 3 is 2.87 bits per heavy atom. The maximum atomic E-state index is 11.3. The van der Waals surface area contributed by atoms with Gasteiger partial charge in [0, 0.05) is 18.9 Å². The molecule has 80 valence electrons. The smallest absolute Gasteiger partial charge is 0.310 e. The molecule has 0 spiro atoms. The molecule has 0 radical (unpaired) electrons. The second-order valence-electron chi connectivity index (χ2n) is 3.66. The minimum atomic E-state index is -0.132. The first-order valence-electron chi connectivity index (χ1n) is 5.29. The second-order valence-corrected chi connectivity index (χ2v) is 3.66. The van der Waals surface area contributed by atoms with Crippen LogP contribution in [0.2, 0.25) is 0 Å². The van der Waals surface area contributed by atoms with E-state index in [0.717, 1.165) is 37.2 Å². The molecule has 1 saturated heterocycles. The molecule has 0 unspecified atom stereocenters. The first kappa shape index (κ1) is 10.0. The summed E-state index contributed by atoms with van der Waals surface area (Å²) in [6, 6.07) is 3.66. The van der Waals surface area contributed by atoms with Crippen molar-refractivity contribution in [3.05, 3.63) is 29.9 Å². The quantitative estimate of drug-likeness (QED) is 0.663. The zero-order chi connectivity index (χ0) is 10.5. The highest BCUT2D eigenvalue weighted by Crippen LogP contribution is 2.19. The van der Waals surface area contributed by atoms with Gasteiger partial charge in [-0.25, -0.2) is 0 Å². The van der Waals surface area contributed by atoms with Gasteiger partial charge in [-0.1, -0.05) is 6.42 Å². The standard InChI is InChI=1S/C12H14O3/c13-12-7-3-1-2-5-11(15-12)9-10-6-4-8-14-10/h4,6,8-9H,1-3,5,7H2/b11-9+. The Hall–Kier alpha value is -1.51. The van der Waals surface area contributed by atoms with E-state index in [1.807, 2.05) is 12.1 Å². The molecule has 2 heterocycles. The molecule has 0 atom stereocenters. The van der Waals surface area contributed by atoms with E-state index in [1.165, 1.54) is 0 Å². The molecule has 0 amide bonds. The summed E-state index contributed by atoms with van der Waals surface area (Å²) in [4.78, 5) is 11.3. The zero-order valence-corrected chi connectivity index (χ0v) is 8.57. The first-order chi connectivity index (χ1) is 7.34. The highest BCUT2D eigenvalue weighted by molar-refractivity contribution is 5.71. The minimum absolute atomic E-state index is 0.132. The van der Waals surface area contributed by atoms with Crippen LogP contribution < -0.4 is 0 Å². The molecule has 0 aliphatic carbocycles. The van der Waals surface area contributed by atoms with Gasteiger partial charge < -0.3 is 9.15 Å². The number of ether oxygens (including phenoxy) is 1. The number of hydrogen-bond acceptors (Lipinski definition) is 3. The molecule has 0 N–H and O–H groups in total. The minimum Gasteiger partial charge on any atom is -0.465 e. The van der Waals surface area contributed by atoms with Crippen molar-refractivity contribution in [2.24, 2.45) is 0 Å². The SMILES string of the molecule is O=C1CCCCC/C(=C\c2ccco2)O1. The van der Waals surface area contributed by atoms with Crippen molar-refractivity contribution < 1.29 is 13.9 Å². The van der Waals surface area contributed by atoms with Crippen molar-refractivity contribution >= 4 is 12.0 Å². The molecule has 0 saturated carbocycles. The Balaban J connectivity index is 2.08. The third-order valence-electron chi connectivity index (χ3n) is 2.40. The predicted molar refractivity (Wildman–Crippen MR) is 55.9 cm³/mol. The average Bonchev–Trinajstić information content (AvgIpc) is 2.66. The highest BCUT2D eigenvalue weighted by Gasteiger charge is 2.11. The Kier molecular flexibility index (Phi) is 3.22. The lowest BCUT2D eigenvalue weighted by molar-refractivity contribution is -0.140. The summed E-state index contributed by atoms with van der Waals surface area (Å²) in [6.07, 6.45) is 7.83. The average molecular weight is 206 g/mol. The number of allylic oxidation sites excluding steroid dienone is 1. The molecule has 1 aromatic rings. The van der Waals surface area contributed by atoms with Gasteiger partial charge >= 0.3 is 5.97 Å². The van der Waals surface area contributed by atoms with E-state index in [-0.39, 0.29) is 5.97 Å². The van der Waals surface area contributed by atoms with E-state index >= 15 is 0 Å². The van der Waals surface area contributed by atoms with Gasteiger partial charge in [0.1, 0.15) is 11.5 Å². The number of carbonyl (C=O) groups is 1. The number of furan rings is 1. The fourth-order valence-corrected chi connectivity index (χ4v) is 1.63. The zero-order valence-electron chi connectivity index (χ0n) is 8.57. The summed E-state index contributed by atoms with van der Waals surface area (Å²) in [5.74, 6) is 1.32. The Bertz CT molecular complexity index is 349. The highest BCUT2D eigenvalue weighted by atomic mass is 16.5.